The fraction of sp³-hybridized carbons (Fsp3) is 0.719. The first-order valence-electron chi connectivity index (χ1n) is 15.0. The van der Waals surface area contributed by atoms with E-state index in [0.717, 1.165) is 61.6 Å². The van der Waals surface area contributed by atoms with E-state index in [0.29, 0.717) is 13.0 Å². The summed E-state index contributed by atoms with van der Waals surface area (Å²) >= 11 is 0. The van der Waals surface area contributed by atoms with Gasteiger partial charge in [0.1, 0.15) is 17.7 Å². The van der Waals surface area contributed by atoms with Crippen LogP contribution in [-0.2, 0) is 14.3 Å². The van der Waals surface area contributed by atoms with Crippen molar-refractivity contribution in [1.29, 1.82) is 0 Å². The predicted octanol–water partition coefficient (Wildman–Crippen LogP) is 6.75. The van der Waals surface area contributed by atoms with Crippen LogP contribution in [0.2, 0.25) is 0 Å². The molecule has 0 aliphatic heterocycles. The molecule has 1 aromatic rings. The third kappa shape index (κ3) is 10.2. The summed E-state index contributed by atoms with van der Waals surface area (Å²) in [5.41, 5.74) is 2.17. The molecule has 220 valence electrons. The van der Waals surface area contributed by atoms with Gasteiger partial charge in [0.05, 0.1) is 0 Å². The molecule has 0 saturated heterocycles. The van der Waals surface area contributed by atoms with Crippen LogP contribution in [0.3, 0.4) is 0 Å². The van der Waals surface area contributed by atoms with Crippen LogP contribution in [0, 0.1) is 19.8 Å². The molecule has 1 aliphatic carbocycles. The van der Waals surface area contributed by atoms with Gasteiger partial charge in [-0.05, 0) is 70.9 Å². The van der Waals surface area contributed by atoms with Crippen molar-refractivity contribution in [2.45, 2.75) is 137 Å². The Morgan fingerprint density at radius 3 is 2.31 bits per heavy atom. The Morgan fingerprint density at radius 1 is 1.05 bits per heavy atom. The first-order chi connectivity index (χ1) is 18.4. The van der Waals surface area contributed by atoms with E-state index in [-0.39, 0.29) is 23.8 Å². The van der Waals surface area contributed by atoms with Gasteiger partial charge in [-0.2, -0.15) is 0 Å². The van der Waals surface area contributed by atoms with E-state index >= 15 is 0 Å². The number of unbranched alkanes of at least 4 members (excludes halogenated alkanes) is 2. The highest BCUT2D eigenvalue weighted by Gasteiger charge is 2.39. The van der Waals surface area contributed by atoms with E-state index in [1.165, 1.54) is 6.42 Å². The molecule has 0 spiro atoms. The summed E-state index contributed by atoms with van der Waals surface area (Å²) in [7, 11) is 0. The molecular formula is C32H53N3O4. The molecule has 7 heteroatoms. The molecule has 2 N–H and O–H groups in total. The van der Waals surface area contributed by atoms with Gasteiger partial charge in [0, 0.05) is 12.6 Å². The van der Waals surface area contributed by atoms with E-state index in [1.54, 1.807) is 25.7 Å². The normalized spacial score (nSPS) is 16.6. The molecule has 0 aromatic heterocycles. The van der Waals surface area contributed by atoms with Gasteiger partial charge in [0.25, 0.3) is 0 Å². The van der Waals surface area contributed by atoms with Crippen LogP contribution in [0.15, 0.2) is 18.2 Å². The van der Waals surface area contributed by atoms with Crippen molar-refractivity contribution < 1.29 is 19.1 Å². The molecule has 1 aliphatic rings. The number of aryl methyl sites for hydroxylation is 2. The lowest BCUT2D eigenvalue weighted by Gasteiger charge is -2.37. The molecule has 0 heterocycles. The molecule has 1 saturated carbocycles. The van der Waals surface area contributed by atoms with Crippen molar-refractivity contribution in [3.8, 4) is 0 Å². The SMILES string of the molecule is CCCCCN(C(=O)C(NC(=O)OC(C)(C)C)C(C)CC)C(C(=O)NC1CCCCC1)c1cc(C)ccc1C. The van der Waals surface area contributed by atoms with Gasteiger partial charge in [-0.1, -0.05) is 83.1 Å². The molecule has 3 amide bonds. The molecule has 1 aromatic carbocycles. The Labute approximate surface area is 236 Å². The van der Waals surface area contributed by atoms with Gasteiger partial charge in [0.15, 0.2) is 0 Å². The first-order valence-corrected chi connectivity index (χ1v) is 15.0. The summed E-state index contributed by atoms with van der Waals surface area (Å²) in [5, 5.41) is 6.16. The average Bonchev–Trinajstić information content (AvgIpc) is 2.87. The highest BCUT2D eigenvalue weighted by molar-refractivity contribution is 5.92. The second kappa shape index (κ2) is 15.3. The predicted molar refractivity (Wildman–Crippen MR) is 158 cm³/mol. The Morgan fingerprint density at radius 2 is 1.72 bits per heavy atom. The topological polar surface area (TPSA) is 87.7 Å². The Balaban J connectivity index is 2.54. The number of amides is 3. The molecule has 7 nitrogen and oxygen atoms in total. The minimum absolute atomic E-state index is 0.122. The van der Waals surface area contributed by atoms with Gasteiger partial charge >= 0.3 is 6.09 Å². The highest BCUT2D eigenvalue weighted by atomic mass is 16.6. The van der Waals surface area contributed by atoms with Gasteiger partial charge in [-0.25, -0.2) is 4.79 Å². The van der Waals surface area contributed by atoms with E-state index in [9.17, 15) is 14.4 Å². The highest BCUT2D eigenvalue weighted by Crippen LogP contribution is 2.29. The Hall–Kier alpha value is -2.57. The third-order valence-electron chi connectivity index (χ3n) is 7.68. The summed E-state index contributed by atoms with van der Waals surface area (Å²) in [6, 6.07) is 4.62. The second-order valence-electron chi connectivity index (χ2n) is 12.4. The Bertz CT molecular complexity index is 949. The number of carbonyl (C=O) groups excluding carboxylic acids is 3. The molecule has 3 unspecified atom stereocenters. The number of ether oxygens (including phenoxy) is 1. The largest absolute Gasteiger partial charge is 0.444 e. The number of nitrogens with one attached hydrogen (secondary N) is 2. The number of hydrogen-bond acceptors (Lipinski definition) is 4. The van der Waals surface area contributed by atoms with Gasteiger partial charge < -0.3 is 20.3 Å². The van der Waals surface area contributed by atoms with Gasteiger partial charge in [-0.3, -0.25) is 9.59 Å². The minimum atomic E-state index is -0.804. The number of benzene rings is 1. The lowest BCUT2D eigenvalue weighted by Crippen LogP contribution is -2.56. The van der Waals surface area contributed by atoms with Crippen molar-refractivity contribution >= 4 is 17.9 Å². The number of hydrogen-bond donors (Lipinski definition) is 2. The van der Waals surface area contributed by atoms with Crippen LogP contribution in [0.25, 0.3) is 0 Å². The summed E-state index contributed by atoms with van der Waals surface area (Å²) in [5.74, 6) is -0.518. The monoisotopic (exact) mass is 543 g/mol. The smallest absolute Gasteiger partial charge is 0.408 e. The van der Waals surface area contributed by atoms with Crippen molar-refractivity contribution in [3.63, 3.8) is 0 Å². The molecule has 2 rings (SSSR count). The lowest BCUT2D eigenvalue weighted by molar-refractivity contribution is -0.144. The molecular weight excluding hydrogens is 490 g/mol. The maximum Gasteiger partial charge on any atom is 0.408 e. The zero-order valence-corrected chi connectivity index (χ0v) is 25.7. The second-order valence-corrected chi connectivity index (χ2v) is 12.4. The molecule has 3 atom stereocenters. The van der Waals surface area contributed by atoms with Crippen LogP contribution in [0.5, 0.6) is 0 Å². The number of alkyl carbamates (subject to hydrolysis) is 1. The van der Waals surface area contributed by atoms with Crippen LogP contribution < -0.4 is 10.6 Å². The fourth-order valence-electron chi connectivity index (χ4n) is 5.23. The van der Waals surface area contributed by atoms with E-state index < -0.39 is 23.8 Å². The van der Waals surface area contributed by atoms with E-state index in [4.69, 9.17) is 4.74 Å². The number of rotatable bonds is 12. The van der Waals surface area contributed by atoms with Crippen LogP contribution in [0.1, 0.15) is 122 Å². The molecule has 39 heavy (non-hydrogen) atoms. The standard InChI is InChI=1S/C32H53N3O4/c1-9-11-15-20-35(30(37)27(23(4)10-2)34-31(38)39-32(6,7)8)28(26-21-22(3)18-19-24(26)5)29(36)33-25-16-13-12-14-17-25/h18-19,21,23,25,27-28H,9-17,20H2,1-8H3,(H,33,36)(H,34,38). The third-order valence-corrected chi connectivity index (χ3v) is 7.68. The van der Waals surface area contributed by atoms with E-state index in [2.05, 4.69) is 17.6 Å². The fourth-order valence-corrected chi connectivity index (χ4v) is 5.23. The summed E-state index contributed by atoms with van der Waals surface area (Å²) in [4.78, 5) is 43.1. The van der Waals surface area contributed by atoms with Crippen LogP contribution in [0.4, 0.5) is 4.79 Å². The van der Waals surface area contributed by atoms with Gasteiger partial charge in [0.2, 0.25) is 11.8 Å². The van der Waals surface area contributed by atoms with E-state index in [1.807, 2.05) is 45.9 Å². The number of nitrogens with zero attached hydrogens (tertiary/aromatic N) is 1. The maximum atomic E-state index is 14.4. The first kappa shape index (κ1) is 32.6. The Kier molecular flexibility index (Phi) is 12.8. The number of carbonyl (C=O) groups is 3. The van der Waals surface area contributed by atoms with Crippen molar-refractivity contribution in [2.24, 2.45) is 5.92 Å². The van der Waals surface area contributed by atoms with Crippen molar-refractivity contribution in [2.75, 3.05) is 6.54 Å². The van der Waals surface area contributed by atoms with Crippen molar-refractivity contribution in [1.82, 2.24) is 15.5 Å². The zero-order chi connectivity index (χ0) is 29.2. The summed E-state index contributed by atoms with van der Waals surface area (Å²) in [6.45, 7) is 15.9. The zero-order valence-electron chi connectivity index (χ0n) is 25.7. The van der Waals surface area contributed by atoms with Crippen molar-refractivity contribution in [3.05, 3.63) is 34.9 Å². The van der Waals surface area contributed by atoms with Gasteiger partial charge in [-0.15, -0.1) is 0 Å². The molecule has 1 fully saturated rings. The van der Waals surface area contributed by atoms with Crippen LogP contribution >= 0.6 is 0 Å². The molecule has 0 bridgehead atoms. The minimum Gasteiger partial charge on any atom is -0.444 e. The van der Waals surface area contributed by atoms with Crippen LogP contribution in [-0.4, -0.2) is 47.0 Å². The summed E-state index contributed by atoms with van der Waals surface area (Å²) in [6.07, 6.45) is 8.12. The average molecular weight is 544 g/mol. The quantitative estimate of drug-likeness (QED) is 0.285. The maximum absolute atomic E-state index is 14.4. The lowest BCUT2D eigenvalue weighted by atomic mass is 9.92. The summed E-state index contributed by atoms with van der Waals surface area (Å²) < 4.78 is 5.52. The molecule has 0 radical (unpaired) electrons.